The third-order valence-electron chi connectivity index (χ3n) is 3.08. The smallest absolute Gasteiger partial charge is 0.227 e. The van der Waals surface area contributed by atoms with E-state index in [9.17, 15) is 4.79 Å². The zero-order valence-corrected chi connectivity index (χ0v) is 10.7. The Kier molecular flexibility index (Phi) is 4.40. The molecule has 0 radical (unpaired) electrons. The first-order chi connectivity index (χ1) is 8.81. The molecule has 3 heteroatoms. The molecule has 0 aromatic heterocycles. The minimum Gasteiger partial charge on any atom is -0.492 e. The summed E-state index contributed by atoms with van der Waals surface area (Å²) in [4.78, 5) is 12.1. The molecular weight excluding hydrogens is 226 g/mol. The van der Waals surface area contributed by atoms with E-state index < -0.39 is 0 Å². The minimum absolute atomic E-state index is 0.0877. The van der Waals surface area contributed by atoms with E-state index in [4.69, 9.17) is 4.74 Å². The molecule has 3 nitrogen and oxygen atoms in total. The lowest BCUT2D eigenvalue weighted by Crippen LogP contribution is -2.23. The third kappa shape index (κ3) is 3.13. The Morgan fingerprint density at radius 1 is 1.39 bits per heavy atom. The lowest BCUT2D eigenvalue weighted by atomic mass is 9.93. The molecule has 0 unspecified atom stereocenters. The Morgan fingerprint density at radius 2 is 2.22 bits per heavy atom. The Labute approximate surface area is 108 Å². The van der Waals surface area contributed by atoms with Crippen LogP contribution in [0, 0.1) is 5.92 Å². The predicted octanol–water partition coefficient (Wildman–Crippen LogP) is 3.38. The molecule has 1 N–H and O–H groups in total. The van der Waals surface area contributed by atoms with E-state index in [0.29, 0.717) is 6.61 Å². The van der Waals surface area contributed by atoms with Crippen LogP contribution in [0.5, 0.6) is 5.75 Å². The summed E-state index contributed by atoms with van der Waals surface area (Å²) in [6.07, 6.45) is 6.98. The van der Waals surface area contributed by atoms with Crippen LogP contribution in [-0.2, 0) is 4.79 Å². The van der Waals surface area contributed by atoms with Crippen LogP contribution >= 0.6 is 0 Å². The molecule has 18 heavy (non-hydrogen) atoms. The van der Waals surface area contributed by atoms with E-state index >= 15 is 0 Å². The third-order valence-corrected chi connectivity index (χ3v) is 3.08. The molecule has 1 aromatic carbocycles. The van der Waals surface area contributed by atoms with Gasteiger partial charge in [-0.25, -0.2) is 0 Å². The van der Waals surface area contributed by atoms with E-state index in [1.165, 1.54) is 0 Å². The zero-order valence-electron chi connectivity index (χ0n) is 10.7. The van der Waals surface area contributed by atoms with Crippen molar-refractivity contribution >= 4 is 11.6 Å². The number of anilines is 1. The minimum atomic E-state index is 0.0877. The molecule has 0 saturated heterocycles. The number of hydrogen-bond acceptors (Lipinski definition) is 2. The van der Waals surface area contributed by atoms with Gasteiger partial charge in [-0.05, 0) is 38.3 Å². The Bertz CT molecular complexity index is 440. The fraction of sp³-hybridized carbons (Fsp3) is 0.400. The summed E-state index contributed by atoms with van der Waals surface area (Å²) in [5.41, 5.74) is 0.763. The molecule has 1 aromatic rings. The van der Waals surface area contributed by atoms with Gasteiger partial charge in [0.2, 0.25) is 5.91 Å². The van der Waals surface area contributed by atoms with Crippen molar-refractivity contribution in [3.8, 4) is 5.75 Å². The summed E-state index contributed by atoms with van der Waals surface area (Å²) in [6.45, 7) is 2.53. The monoisotopic (exact) mass is 245 g/mol. The fourth-order valence-corrected chi connectivity index (χ4v) is 2.12. The second-order valence-electron chi connectivity index (χ2n) is 4.40. The number of nitrogens with one attached hydrogen (secondary N) is 1. The number of hydrogen-bond donors (Lipinski definition) is 1. The maximum Gasteiger partial charge on any atom is 0.227 e. The average molecular weight is 245 g/mol. The quantitative estimate of drug-likeness (QED) is 0.826. The standard InChI is InChI=1S/C15H19NO2/c1-2-18-14-11-7-6-10-13(14)16-15(17)12-8-4-3-5-9-12/h3-4,6-7,10-12H,2,5,8-9H2,1H3,(H,16,17)/t12-/m0/s1. The molecule has 0 bridgehead atoms. The van der Waals surface area contributed by atoms with Gasteiger partial charge >= 0.3 is 0 Å². The lowest BCUT2D eigenvalue weighted by molar-refractivity contribution is -0.120. The number of carbonyl (C=O) groups is 1. The molecule has 0 fully saturated rings. The number of allylic oxidation sites excluding steroid dienone is 2. The number of benzene rings is 1. The second-order valence-corrected chi connectivity index (χ2v) is 4.40. The summed E-state index contributed by atoms with van der Waals surface area (Å²) in [7, 11) is 0. The summed E-state index contributed by atoms with van der Waals surface area (Å²) in [6, 6.07) is 7.56. The largest absolute Gasteiger partial charge is 0.492 e. The zero-order chi connectivity index (χ0) is 12.8. The molecule has 0 heterocycles. The highest BCUT2D eigenvalue weighted by atomic mass is 16.5. The Morgan fingerprint density at radius 3 is 2.94 bits per heavy atom. The van der Waals surface area contributed by atoms with Crippen molar-refractivity contribution in [2.75, 3.05) is 11.9 Å². The van der Waals surface area contributed by atoms with Crippen molar-refractivity contribution < 1.29 is 9.53 Å². The van der Waals surface area contributed by atoms with Gasteiger partial charge in [-0.1, -0.05) is 24.3 Å². The Balaban J connectivity index is 2.04. The van der Waals surface area contributed by atoms with Gasteiger partial charge in [-0.2, -0.15) is 0 Å². The highest BCUT2D eigenvalue weighted by Gasteiger charge is 2.19. The summed E-state index contributed by atoms with van der Waals surface area (Å²) in [5.74, 6) is 0.913. The number of rotatable bonds is 4. The highest BCUT2D eigenvalue weighted by molar-refractivity contribution is 5.94. The molecule has 0 aliphatic heterocycles. The van der Waals surface area contributed by atoms with Crippen LogP contribution in [0.1, 0.15) is 26.2 Å². The van der Waals surface area contributed by atoms with Gasteiger partial charge in [0.1, 0.15) is 5.75 Å². The van der Waals surface area contributed by atoms with Crippen molar-refractivity contribution in [2.45, 2.75) is 26.2 Å². The van der Waals surface area contributed by atoms with Crippen molar-refractivity contribution in [1.82, 2.24) is 0 Å². The molecule has 1 aliphatic rings. The number of amides is 1. The van der Waals surface area contributed by atoms with Gasteiger partial charge in [0.15, 0.2) is 0 Å². The van der Waals surface area contributed by atoms with Gasteiger partial charge in [0.05, 0.1) is 12.3 Å². The summed E-state index contributed by atoms with van der Waals surface area (Å²) < 4.78 is 5.50. The van der Waals surface area contributed by atoms with Crippen LogP contribution in [0.4, 0.5) is 5.69 Å². The van der Waals surface area contributed by atoms with Crippen molar-refractivity contribution in [2.24, 2.45) is 5.92 Å². The predicted molar refractivity (Wildman–Crippen MR) is 72.7 cm³/mol. The first kappa shape index (κ1) is 12.7. The molecule has 0 spiro atoms. The highest BCUT2D eigenvalue weighted by Crippen LogP contribution is 2.26. The Hall–Kier alpha value is -1.77. The van der Waals surface area contributed by atoms with Gasteiger partial charge < -0.3 is 10.1 Å². The van der Waals surface area contributed by atoms with Crippen molar-refractivity contribution in [3.63, 3.8) is 0 Å². The SMILES string of the molecule is CCOc1ccccc1NC(=O)[C@H]1CC=CCC1. The van der Waals surface area contributed by atoms with E-state index in [2.05, 4.69) is 17.5 Å². The maximum atomic E-state index is 12.1. The molecule has 96 valence electrons. The van der Waals surface area contributed by atoms with E-state index in [-0.39, 0.29) is 11.8 Å². The van der Waals surface area contributed by atoms with Crippen molar-refractivity contribution in [3.05, 3.63) is 36.4 Å². The summed E-state index contributed by atoms with van der Waals surface area (Å²) in [5, 5.41) is 2.97. The topological polar surface area (TPSA) is 38.3 Å². The maximum absolute atomic E-state index is 12.1. The van der Waals surface area contributed by atoms with Gasteiger partial charge in [0, 0.05) is 5.92 Å². The van der Waals surface area contributed by atoms with Crippen LogP contribution in [0.3, 0.4) is 0 Å². The van der Waals surface area contributed by atoms with Crippen LogP contribution in [0.25, 0.3) is 0 Å². The van der Waals surface area contributed by atoms with Crippen LogP contribution in [-0.4, -0.2) is 12.5 Å². The first-order valence-electron chi connectivity index (χ1n) is 6.49. The first-order valence-corrected chi connectivity index (χ1v) is 6.49. The van der Waals surface area contributed by atoms with Gasteiger partial charge in [-0.3, -0.25) is 4.79 Å². The fourth-order valence-electron chi connectivity index (χ4n) is 2.12. The molecular formula is C15H19NO2. The van der Waals surface area contributed by atoms with Gasteiger partial charge in [0.25, 0.3) is 0 Å². The average Bonchev–Trinajstić information content (AvgIpc) is 2.42. The van der Waals surface area contributed by atoms with Crippen LogP contribution < -0.4 is 10.1 Å². The normalized spacial score (nSPS) is 18.4. The molecule has 0 saturated carbocycles. The summed E-state index contributed by atoms with van der Waals surface area (Å²) >= 11 is 0. The second kappa shape index (κ2) is 6.24. The number of ether oxygens (including phenoxy) is 1. The number of carbonyl (C=O) groups excluding carboxylic acids is 1. The number of para-hydroxylation sites is 2. The molecule has 1 atom stereocenters. The van der Waals surface area contributed by atoms with E-state index in [1.807, 2.05) is 31.2 Å². The van der Waals surface area contributed by atoms with E-state index in [1.54, 1.807) is 0 Å². The van der Waals surface area contributed by atoms with Crippen LogP contribution in [0.15, 0.2) is 36.4 Å². The van der Waals surface area contributed by atoms with Gasteiger partial charge in [-0.15, -0.1) is 0 Å². The lowest BCUT2D eigenvalue weighted by Gasteiger charge is -2.18. The molecule has 2 rings (SSSR count). The molecule has 1 aliphatic carbocycles. The van der Waals surface area contributed by atoms with E-state index in [0.717, 1.165) is 30.7 Å². The van der Waals surface area contributed by atoms with Crippen LogP contribution in [0.2, 0.25) is 0 Å². The molecule has 1 amide bonds. The van der Waals surface area contributed by atoms with Crippen molar-refractivity contribution in [1.29, 1.82) is 0 Å².